The molecular formula is C4H8O4P+. The van der Waals surface area contributed by atoms with Gasteiger partial charge in [0.1, 0.15) is 19.8 Å². The predicted octanol–water partition coefficient (Wildman–Crippen LogP) is 0.349. The average molecular weight is 151 g/mol. The molecule has 52 valence electrons. The molecule has 0 spiro atoms. The summed E-state index contributed by atoms with van der Waals surface area (Å²) in [5.41, 5.74) is 0. The van der Waals surface area contributed by atoms with Crippen LogP contribution in [0.25, 0.3) is 0 Å². The molecule has 0 amide bonds. The van der Waals surface area contributed by atoms with Gasteiger partial charge in [0.2, 0.25) is 0 Å². The summed E-state index contributed by atoms with van der Waals surface area (Å²) in [5, 5.41) is 0. The van der Waals surface area contributed by atoms with Gasteiger partial charge in [0, 0.05) is 5.92 Å². The van der Waals surface area contributed by atoms with E-state index in [-0.39, 0.29) is 0 Å². The Balaban J connectivity index is 2.11. The van der Waals surface area contributed by atoms with E-state index in [1.54, 1.807) is 0 Å². The summed E-state index contributed by atoms with van der Waals surface area (Å²) in [7, 11) is -2.78. The van der Waals surface area contributed by atoms with Gasteiger partial charge in [-0.2, -0.15) is 18.5 Å². The Bertz CT molecular complexity index is 106. The van der Waals surface area contributed by atoms with Crippen LogP contribution in [0.4, 0.5) is 0 Å². The van der Waals surface area contributed by atoms with Crippen LogP contribution in [0.2, 0.25) is 0 Å². The Kier molecular flexibility index (Phi) is 1.25. The molecule has 0 aromatic heterocycles. The molecule has 4 nitrogen and oxygen atoms in total. The standard InChI is InChI=1S/C4H8O4P/c5-9-6-1-4(2-7-9)3-8-9/h4-5H,1-3H2/q+1. The van der Waals surface area contributed by atoms with Gasteiger partial charge in [-0.05, 0) is 0 Å². The van der Waals surface area contributed by atoms with Gasteiger partial charge in [-0.15, -0.1) is 0 Å². The Morgan fingerprint density at radius 3 is 1.78 bits per heavy atom. The second-order valence-corrected chi connectivity index (χ2v) is 3.93. The van der Waals surface area contributed by atoms with Crippen molar-refractivity contribution < 1.29 is 18.5 Å². The van der Waals surface area contributed by atoms with Crippen molar-refractivity contribution in [1.29, 1.82) is 0 Å². The maximum atomic E-state index is 9.16. The lowest BCUT2D eigenvalue weighted by Gasteiger charge is -2.29. The van der Waals surface area contributed by atoms with Gasteiger partial charge in [-0.1, -0.05) is 0 Å². The largest absolute Gasteiger partial charge is 0.572 e. The number of fused-ring (bicyclic) bond motifs is 3. The summed E-state index contributed by atoms with van der Waals surface area (Å²) in [6.07, 6.45) is 0. The average Bonchev–Trinajstić information content (AvgIpc) is 1.90. The molecule has 3 aliphatic rings. The third-order valence-electron chi connectivity index (χ3n) is 1.42. The Morgan fingerprint density at radius 1 is 1.11 bits per heavy atom. The van der Waals surface area contributed by atoms with E-state index in [0.29, 0.717) is 25.7 Å². The lowest BCUT2D eigenvalue weighted by molar-refractivity contribution is -0.0523. The van der Waals surface area contributed by atoms with Crippen LogP contribution in [-0.4, -0.2) is 24.7 Å². The maximum Gasteiger partial charge on any atom is 0.572 e. The number of hydrogen-bond acceptors (Lipinski definition) is 4. The lowest BCUT2D eigenvalue weighted by Crippen LogP contribution is -2.34. The smallest absolute Gasteiger partial charge is 0.168 e. The van der Waals surface area contributed by atoms with Crippen molar-refractivity contribution in [3.8, 4) is 0 Å². The van der Waals surface area contributed by atoms with Crippen LogP contribution in [0.3, 0.4) is 0 Å². The second-order valence-electron chi connectivity index (χ2n) is 2.22. The summed E-state index contributed by atoms with van der Waals surface area (Å²) in [5.74, 6) is 0.332. The minimum atomic E-state index is -2.78. The molecule has 2 bridgehead atoms. The first-order valence-corrected chi connectivity index (χ1v) is 4.33. The van der Waals surface area contributed by atoms with E-state index in [4.69, 9.17) is 18.5 Å². The molecule has 5 heteroatoms. The van der Waals surface area contributed by atoms with E-state index >= 15 is 0 Å². The zero-order chi connectivity index (χ0) is 6.32. The van der Waals surface area contributed by atoms with Gasteiger partial charge in [-0.3, -0.25) is 0 Å². The molecule has 1 N–H and O–H groups in total. The van der Waals surface area contributed by atoms with E-state index in [1.807, 2.05) is 0 Å². The predicted molar refractivity (Wildman–Crippen MR) is 30.5 cm³/mol. The summed E-state index contributed by atoms with van der Waals surface area (Å²) in [6, 6.07) is 0. The normalized spacial score (nSPS) is 49.7. The fraction of sp³-hybridized carbons (Fsp3) is 1.00. The summed E-state index contributed by atoms with van der Waals surface area (Å²) >= 11 is 0. The van der Waals surface area contributed by atoms with Gasteiger partial charge in [0.15, 0.2) is 0 Å². The molecule has 3 saturated heterocycles. The molecular weight excluding hydrogens is 143 g/mol. The molecule has 0 aliphatic carbocycles. The van der Waals surface area contributed by atoms with Gasteiger partial charge in [0.25, 0.3) is 0 Å². The topological polar surface area (TPSA) is 47.9 Å². The highest BCUT2D eigenvalue weighted by Crippen LogP contribution is 2.63. The van der Waals surface area contributed by atoms with Crippen molar-refractivity contribution in [1.82, 2.24) is 0 Å². The molecule has 0 atom stereocenters. The molecule has 3 fully saturated rings. The highest BCUT2D eigenvalue weighted by Gasteiger charge is 2.54. The zero-order valence-electron chi connectivity index (χ0n) is 4.82. The fourth-order valence-electron chi connectivity index (χ4n) is 0.855. The first kappa shape index (κ1) is 6.01. The van der Waals surface area contributed by atoms with Crippen LogP contribution in [0.15, 0.2) is 0 Å². The van der Waals surface area contributed by atoms with Crippen LogP contribution in [0, 0.1) is 5.92 Å². The third kappa shape index (κ3) is 0.974. The van der Waals surface area contributed by atoms with Crippen molar-refractivity contribution in [3.63, 3.8) is 0 Å². The van der Waals surface area contributed by atoms with Crippen LogP contribution in [0.5, 0.6) is 0 Å². The molecule has 0 radical (unpaired) electrons. The first-order valence-electron chi connectivity index (χ1n) is 2.84. The van der Waals surface area contributed by atoms with E-state index in [1.165, 1.54) is 0 Å². The monoisotopic (exact) mass is 151 g/mol. The Hall–Kier alpha value is 0.270. The molecule has 3 aliphatic heterocycles. The van der Waals surface area contributed by atoms with Gasteiger partial charge < -0.3 is 0 Å². The molecule has 0 aromatic rings. The maximum absolute atomic E-state index is 9.16. The highest BCUT2D eigenvalue weighted by molar-refractivity contribution is 7.55. The summed E-state index contributed by atoms with van der Waals surface area (Å²) in [4.78, 5) is 9.16. The van der Waals surface area contributed by atoms with Crippen LogP contribution in [0.1, 0.15) is 0 Å². The van der Waals surface area contributed by atoms with E-state index in [0.717, 1.165) is 0 Å². The number of hydrogen-bond donors (Lipinski definition) is 1. The third-order valence-corrected chi connectivity index (χ3v) is 2.85. The summed E-state index contributed by atoms with van der Waals surface area (Å²) in [6.45, 7) is 1.76. The van der Waals surface area contributed by atoms with Crippen molar-refractivity contribution in [2.45, 2.75) is 0 Å². The van der Waals surface area contributed by atoms with Gasteiger partial charge in [0.05, 0.1) is 0 Å². The van der Waals surface area contributed by atoms with Crippen LogP contribution < -0.4 is 0 Å². The van der Waals surface area contributed by atoms with Crippen molar-refractivity contribution in [2.75, 3.05) is 19.8 Å². The minimum absolute atomic E-state index is 0.332. The Labute approximate surface area is 53.4 Å². The number of rotatable bonds is 0. The molecule has 3 heterocycles. The first-order chi connectivity index (χ1) is 4.29. The second kappa shape index (κ2) is 1.87. The van der Waals surface area contributed by atoms with Crippen molar-refractivity contribution >= 4 is 8.17 Å². The van der Waals surface area contributed by atoms with Crippen molar-refractivity contribution in [3.05, 3.63) is 0 Å². The van der Waals surface area contributed by atoms with Crippen LogP contribution in [-0.2, 0) is 13.6 Å². The summed E-state index contributed by atoms with van der Waals surface area (Å²) < 4.78 is 14.7. The highest BCUT2D eigenvalue weighted by atomic mass is 31.2. The quantitative estimate of drug-likeness (QED) is 0.507. The molecule has 0 aromatic carbocycles. The molecule has 9 heavy (non-hydrogen) atoms. The molecule has 0 unspecified atom stereocenters. The molecule has 0 saturated carbocycles. The van der Waals surface area contributed by atoms with Gasteiger partial charge >= 0.3 is 8.17 Å². The Morgan fingerprint density at radius 2 is 1.56 bits per heavy atom. The van der Waals surface area contributed by atoms with Crippen LogP contribution >= 0.6 is 8.17 Å². The van der Waals surface area contributed by atoms with E-state index < -0.39 is 8.17 Å². The van der Waals surface area contributed by atoms with E-state index in [9.17, 15) is 0 Å². The van der Waals surface area contributed by atoms with Gasteiger partial charge in [-0.25, -0.2) is 0 Å². The van der Waals surface area contributed by atoms with Crippen molar-refractivity contribution in [2.24, 2.45) is 5.92 Å². The fourth-order valence-corrected chi connectivity index (χ4v) is 2.28. The lowest BCUT2D eigenvalue weighted by atomic mass is 10.2. The molecule has 3 rings (SSSR count). The SMILES string of the molecule is O[P+]12OCC(CO1)CO2. The minimum Gasteiger partial charge on any atom is -0.168 e. The van der Waals surface area contributed by atoms with E-state index in [2.05, 4.69) is 0 Å². The zero-order valence-corrected chi connectivity index (χ0v) is 5.71.